The summed E-state index contributed by atoms with van der Waals surface area (Å²) in [7, 11) is 0. The topological polar surface area (TPSA) is 55.1 Å². The number of halogens is 1. The van der Waals surface area contributed by atoms with Crippen LogP contribution in [0.3, 0.4) is 0 Å². The van der Waals surface area contributed by atoms with Crippen molar-refractivity contribution < 1.29 is 9.18 Å². The second-order valence-electron chi connectivity index (χ2n) is 4.37. The Hall–Kier alpha value is -0.720. The molecule has 0 radical (unpaired) electrons. The molecule has 1 unspecified atom stereocenters. The van der Waals surface area contributed by atoms with Gasteiger partial charge in [-0.15, -0.1) is 0 Å². The van der Waals surface area contributed by atoms with E-state index in [1.807, 2.05) is 23.5 Å². The van der Waals surface area contributed by atoms with Gasteiger partial charge < -0.3 is 11.1 Å². The summed E-state index contributed by atoms with van der Waals surface area (Å²) in [6.07, 6.45) is 0. The molecule has 1 aliphatic heterocycles. The van der Waals surface area contributed by atoms with Crippen molar-refractivity contribution in [2.75, 3.05) is 23.8 Å². The molecular formula is C13H17FN2OS2. The first-order valence-electron chi connectivity index (χ1n) is 6.15. The summed E-state index contributed by atoms with van der Waals surface area (Å²) < 4.78 is 13.6. The lowest BCUT2D eigenvalue weighted by Crippen LogP contribution is -2.29. The van der Waals surface area contributed by atoms with E-state index in [9.17, 15) is 9.18 Å². The number of carbonyl (C=O) groups is 1. The van der Waals surface area contributed by atoms with Gasteiger partial charge in [-0.25, -0.2) is 4.39 Å². The van der Waals surface area contributed by atoms with Crippen LogP contribution in [0.4, 0.5) is 4.39 Å². The van der Waals surface area contributed by atoms with Gasteiger partial charge in [0.15, 0.2) is 0 Å². The molecule has 1 atom stereocenters. The van der Waals surface area contributed by atoms with Gasteiger partial charge in [0.1, 0.15) is 5.82 Å². The molecule has 0 aromatic heterocycles. The maximum Gasteiger partial charge on any atom is 0.248 e. The van der Waals surface area contributed by atoms with Crippen molar-refractivity contribution >= 4 is 29.4 Å². The van der Waals surface area contributed by atoms with E-state index in [0.29, 0.717) is 22.9 Å². The molecule has 1 aromatic carbocycles. The van der Waals surface area contributed by atoms with Crippen LogP contribution in [0.25, 0.3) is 0 Å². The van der Waals surface area contributed by atoms with Crippen LogP contribution in [0.1, 0.15) is 15.9 Å². The molecule has 3 N–H and O–H groups in total. The van der Waals surface area contributed by atoms with Gasteiger partial charge in [-0.2, -0.15) is 23.5 Å². The minimum atomic E-state index is -0.527. The Bertz CT molecular complexity index is 450. The standard InChI is InChI=1S/C13H17FN2OS2/c14-12-2-1-9(13(15)17)5-10(12)6-16-7-11-8-18-3-4-19-11/h1-2,5,11,16H,3-4,6-8H2,(H2,15,17). The van der Waals surface area contributed by atoms with E-state index in [0.717, 1.165) is 12.3 Å². The molecule has 1 saturated heterocycles. The minimum Gasteiger partial charge on any atom is -0.366 e. The zero-order valence-electron chi connectivity index (χ0n) is 10.5. The fourth-order valence-corrected chi connectivity index (χ4v) is 4.53. The number of nitrogens with two attached hydrogens (primary N) is 1. The third-order valence-corrected chi connectivity index (χ3v) is 5.75. The Balaban J connectivity index is 1.87. The molecule has 0 aliphatic carbocycles. The number of rotatable bonds is 5. The Morgan fingerprint density at radius 3 is 3.00 bits per heavy atom. The largest absolute Gasteiger partial charge is 0.366 e. The highest BCUT2D eigenvalue weighted by molar-refractivity contribution is 8.06. The zero-order chi connectivity index (χ0) is 13.7. The highest BCUT2D eigenvalue weighted by Gasteiger charge is 2.14. The molecule has 3 nitrogen and oxygen atoms in total. The number of hydrogen-bond acceptors (Lipinski definition) is 4. The molecule has 2 rings (SSSR count). The highest BCUT2D eigenvalue weighted by atomic mass is 32.2. The summed E-state index contributed by atoms with van der Waals surface area (Å²) in [5.74, 6) is 2.71. The quantitative estimate of drug-likeness (QED) is 0.871. The number of primary amides is 1. The summed E-state index contributed by atoms with van der Waals surface area (Å²) >= 11 is 3.92. The van der Waals surface area contributed by atoms with Crippen molar-refractivity contribution in [1.82, 2.24) is 5.32 Å². The molecule has 1 heterocycles. The average Bonchev–Trinajstić information content (AvgIpc) is 2.42. The van der Waals surface area contributed by atoms with Gasteiger partial charge in [-0.3, -0.25) is 4.79 Å². The minimum absolute atomic E-state index is 0.303. The van der Waals surface area contributed by atoms with Crippen molar-refractivity contribution in [3.05, 3.63) is 35.1 Å². The van der Waals surface area contributed by atoms with Crippen LogP contribution >= 0.6 is 23.5 Å². The van der Waals surface area contributed by atoms with Crippen molar-refractivity contribution in [2.24, 2.45) is 5.73 Å². The summed E-state index contributed by atoms with van der Waals surface area (Å²) in [6.45, 7) is 1.28. The van der Waals surface area contributed by atoms with Gasteiger partial charge in [0.25, 0.3) is 0 Å². The maximum absolute atomic E-state index is 13.6. The lowest BCUT2D eigenvalue weighted by atomic mass is 10.1. The fourth-order valence-electron chi connectivity index (χ4n) is 1.89. The first kappa shape index (κ1) is 14.7. The van der Waals surface area contributed by atoms with E-state index in [1.165, 1.54) is 29.7 Å². The normalized spacial score (nSPS) is 19.3. The van der Waals surface area contributed by atoms with Crippen molar-refractivity contribution in [3.63, 3.8) is 0 Å². The Morgan fingerprint density at radius 1 is 1.47 bits per heavy atom. The van der Waals surface area contributed by atoms with Crippen molar-refractivity contribution in [3.8, 4) is 0 Å². The average molecular weight is 300 g/mol. The number of amides is 1. The van der Waals surface area contributed by atoms with Crippen LogP contribution in [0, 0.1) is 5.82 Å². The second-order valence-corrected chi connectivity index (χ2v) is 6.93. The SMILES string of the molecule is NC(=O)c1ccc(F)c(CNCC2CSCCS2)c1. The van der Waals surface area contributed by atoms with Crippen molar-refractivity contribution in [1.29, 1.82) is 0 Å². The summed E-state index contributed by atoms with van der Waals surface area (Å²) in [5.41, 5.74) is 6.03. The number of benzene rings is 1. The van der Waals surface area contributed by atoms with E-state index in [4.69, 9.17) is 5.73 Å². The highest BCUT2D eigenvalue weighted by Crippen LogP contribution is 2.23. The number of thioether (sulfide) groups is 2. The van der Waals surface area contributed by atoms with Gasteiger partial charge in [-0.1, -0.05) is 0 Å². The first-order chi connectivity index (χ1) is 9.16. The predicted octanol–water partition coefficient (Wildman–Crippen LogP) is 1.86. The van der Waals surface area contributed by atoms with E-state index in [-0.39, 0.29) is 5.82 Å². The first-order valence-corrected chi connectivity index (χ1v) is 8.35. The molecule has 0 saturated carbocycles. The molecule has 6 heteroatoms. The fraction of sp³-hybridized carbons (Fsp3) is 0.462. The van der Waals surface area contributed by atoms with Crippen LogP contribution in [0.15, 0.2) is 18.2 Å². The smallest absolute Gasteiger partial charge is 0.248 e. The number of hydrogen-bond donors (Lipinski definition) is 2. The van der Waals surface area contributed by atoms with E-state index in [1.54, 1.807) is 0 Å². The summed E-state index contributed by atoms with van der Waals surface area (Å²) in [5, 5.41) is 3.84. The molecular weight excluding hydrogens is 283 g/mol. The molecule has 104 valence electrons. The molecule has 0 spiro atoms. The Labute approximate surface area is 120 Å². The van der Waals surface area contributed by atoms with Crippen LogP contribution in [0.2, 0.25) is 0 Å². The van der Waals surface area contributed by atoms with E-state index < -0.39 is 5.91 Å². The van der Waals surface area contributed by atoms with Crippen LogP contribution < -0.4 is 11.1 Å². The second kappa shape index (κ2) is 7.17. The van der Waals surface area contributed by atoms with E-state index >= 15 is 0 Å². The predicted molar refractivity (Wildman–Crippen MR) is 80.2 cm³/mol. The van der Waals surface area contributed by atoms with Gasteiger partial charge in [0.05, 0.1) is 0 Å². The monoisotopic (exact) mass is 300 g/mol. The van der Waals surface area contributed by atoms with Gasteiger partial charge >= 0.3 is 0 Å². The summed E-state index contributed by atoms with van der Waals surface area (Å²) in [4.78, 5) is 11.1. The molecule has 1 aliphatic rings. The molecule has 19 heavy (non-hydrogen) atoms. The molecule has 1 fully saturated rings. The Kier molecular flexibility index (Phi) is 5.54. The maximum atomic E-state index is 13.6. The third kappa shape index (κ3) is 4.40. The summed E-state index contributed by atoms with van der Waals surface area (Å²) in [6, 6.07) is 4.23. The van der Waals surface area contributed by atoms with Gasteiger partial charge in [0, 0.05) is 46.7 Å². The third-order valence-electron chi connectivity index (χ3n) is 2.90. The molecule has 1 amide bonds. The van der Waals surface area contributed by atoms with E-state index in [2.05, 4.69) is 5.32 Å². The van der Waals surface area contributed by atoms with Crippen LogP contribution in [0.5, 0.6) is 0 Å². The molecule has 1 aromatic rings. The lowest BCUT2D eigenvalue weighted by Gasteiger charge is -2.21. The molecule has 0 bridgehead atoms. The zero-order valence-corrected chi connectivity index (χ0v) is 12.2. The number of nitrogens with one attached hydrogen (secondary N) is 1. The lowest BCUT2D eigenvalue weighted by molar-refractivity contribution is 0.1000. The van der Waals surface area contributed by atoms with Gasteiger partial charge in [-0.05, 0) is 18.2 Å². The van der Waals surface area contributed by atoms with Gasteiger partial charge in [0.2, 0.25) is 5.91 Å². The van der Waals surface area contributed by atoms with Crippen LogP contribution in [-0.2, 0) is 6.54 Å². The van der Waals surface area contributed by atoms with Crippen molar-refractivity contribution in [2.45, 2.75) is 11.8 Å². The number of carbonyl (C=O) groups excluding carboxylic acids is 1. The van der Waals surface area contributed by atoms with Crippen LogP contribution in [-0.4, -0.2) is 35.0 Å². The Morgan fingerprint density at radius 2 is 2.32 bits per heavy atom.